The Bertz CT molecular complexity index is 1000. The summed E-state index contributed by atoms with van der Waals surface area (Å²) in [6, 6.07) is 8.97. The van der Waals surface area contributed by atoms with Crippen molar-refractivity contribution in [2.45, 2.75) is 63.6 Å². The lowest BCUT2D eigenvalue weighted by Gasteiger charge is -2.32. The number of sulfonamides is 1. The highest BCUT2D eigenvalue weighted by Gasteiger charge is 2.32. The minimum atomic E-state index is -3.85. The quantitative estimate of drug-likeness (QED) is 0.474. The van der Waals surface area contributed by atoms with Crippen LogP contribution in [-0.4, -0.2) is 56.7 Å². The van der Waals surface area contributed by atoms with Gasteiger partial charge in [-0.1, -0.05) is 19.9 Å². The molecule has 190 valence electrons. The van der Waals surface area contributed by atoms with Gasteiger partial charge in [-0.3, -0.25) is 0 Å². The summed E-state index contributed by atoms with van der Waals surface area (Å²) in [4.78, 5) is 13.8. The van der Waals surface area contributed by atoms with Crippen LogP contribution < -0.4 is 15.8 Å². The highest BCUT2D eigenvalue weighted by molar-refractivity contribution is 7.89. The van der Waals surface area contributed by atoms with Gasteiger partial charge in [-0.25, -0.2) is 13.2 Å². The molecule has 0 saturated heterocycles. The molecule has 1 amide bonds. The van der Waals surface area contributed by atoms with Crippen LogP contribution >= 0.6 is 11.3 Å². The summed E-state index contributed by atoms with van der Waals surface area (Å²) in [6.45, 7) is 9.48. The first-order chi connectivity index (χ1) is 15.8. The number of carbonyl (C=O) groups is 1. The number of alkyl carbamates (subject to hydrolysis) is 1. The minimum absolute atomic E-state index is 0.0122. The molecular weight excluding hydrogens is 474 g/mol. The van der Waals surface area contributed by atoms with Crippen LogP contribution in [0.5, 0.6) is 5.75 Å². The molecule has 1 heterocycles. The topological polar surface area (TPSA) is 111 Å². The zero-order valence-electron chi connectivity index (χ0n) is 20.8. The van der Waals surface area contributed by atoms with Gasteiger partial charge in [0.1, 0.15) is 11.4 Å². The molecule has 0 aliphatic rings. The number of hydrogen-bond acceptors (Lipinski definition) is 7. The van der Waals surface area contributed by atoms with Crippen LogP contribution in [0.15, 0.2) is 46.7 Å². The zero-order valence-corrected chi connectivity index (χ0v) is 22.4. The van der Waals surface area contributed by atoms with Crippen molar-refractivity contribution in [3.05, 3.63) is 46.7 Å². The third-order valence-electron chi connectivity index (χ3n) is 4.90. The normalized spacial score (nSPS) is 14.1. The maximum Gasteiger partial charge on any atom is 0.407 e. The van der Waals surface area contributed by atoms with E-state index in [1.54, 1.807) is 44.2 Å². The minimum Gasteiger partial charge on any atom is -0.497 e. The van der Waals surface area contributed by atoms with Crippen LogP contribution in [0.25, 0.3) is 0 Å². The van der Waals surface area contributed by atoms with Gasteiger partial charge in [0.2, 0.25) is 10.0 Å². The molecule has 3 N–H and O–H groups in total. The molecule has 2 rings (SSSR count). The van der Waals surface area contributed by atoms with Crippen molar-refractivity contribution in [3.8, 4) is 5.75 Å². The number of thiophene rings is 1. The molecule has 1 aromatic heterocycles. The number of hydrogen-bond donors (Lipinski definition) is 2. The molecule has 1 aromatic carbocycles. The van der Waals surface area contributed by atoms with Crippen molar-refractivity contribution >= 4 is 27.5 Å². The molecule has 2 atom stereocenters. The number of nitrogens with two attached hydrogens (primary N) is 1. The fourth-order valence-corrected chi connectivity index (χ4v) is 5.75. The van der Waals surface area contributed by atoms with Gasteiger partial charge in [-0.2, -0.15) is 4.31 Å². The van der Waals surface area contributed by atoms with Crippen LogP contribution in [0.4, 0.5) is 4.79 Å². The van der Waals surface area contributed by atoms with E-state index in [0.717, 1.165) is 4.88 Å². The second-order valence-corrected chi connectivity index (χ2v) is 12.6. The van der Waals surface area contributed by atoms with Gasteiger partial charge in [0.15, 0.2) is 0 Å². The molecule has 0 saturated carbocycles. The molecule has 0 spiro atoms. The maximum absolute atomic E-state index is 13.6. The average Bonchev–Trinajstić information content (AvgIpc) is 3.24. The standard InChI is InChI=1S/C24H37N3O5S2/c1-17(2)15-27(34(29,30)20-11-9-18(31-6)10-12-20)16-22(26-23(28)32-24(3,4)5)21(25)14-19-8-7-13-33-19/h7-13,17,21-22H,14-16,25H2,1-6H3,(H,26,28)/t21-,22+/m0/s1. The van der Waals surface area contributed by atoms with E-state index >= 15 is 0 Å². The number of rotatable bonds is 11. The highest BCUT2D eigenvalue weighted by Crippen LogP contribution is 2.22. The van der Waals surface area contributed by atoms with E-state index in [9.17, 15) is 13.2 Å². The van der Waals surface area contributed by atoms with Crippen molar-refractivity contribution in [3.63, 3.8) is 0 Å². The third kappa shape index (κ3) is 8.57. The third-order valence-corrected chi connectivity index (χ3v) is 7.65. The predicted molar refractivity (Wildman–Crippen MR) is 136 cm³/mol. The number of benzene rings is 1. The first kappa shape index (κ1) is 28.1. The second kappa shape index (κ2) is 12.0. The molecule has 2 aromatic rings. The van der Waals surface area contributed by atoms with E-state index in [1.165, 1.54) is 23.5 Å². The van der Waals surface area contributed by atoms with Crippen molar-refractivity contribution in [1.29, 1.82) is 0 Å². The van der Waals surface area contributed by atoms with Crippen LogP contribution in [-0.2, 0) is 21.2 Å². The van der Waals surface area contributed by atoms with E-state index in [1.807, 2.05) is 31.4 Å². The Morgan fingerprint density at radius 2 is 1.79 bits per heavy atom. The fourth-order valence-electron chi connectivity index (χ4n) is 3.34. The summed E-state index contributed by atoms with van der Waals surface area (Å²) in [6.07, 6.45) is -0.138. The van der Waals surface area contributed by atoms with Gasteiger partial charge in [0.05, 0.1) is 18.0 Å². The Balaban J connectivity index is 2.34. The molecule has 0 fully saturated rings. The molecule has 0 unspecified atom stereocenters. The monoisotopic (exact) mass is 511 g/mol. The van der Waals surface area contributed by atoms with Gasteiger partial charge in [0.25, 0.3) is 0 Å². The van der Waals surface area contributed by atoms with Crippen molar-refractivity contribution < 1.29 is 22.7 Å². The van der Waals surface area contributed by atoms with Gasteiger partial charge >= 0.3 is 6.09 Å². The summed E-state index contributed by atoms with van der Waals surface area (Å²) in [5.41, 5.74) is 5.82. The summed E-state index contributed by atoms with van der Waals surface area (Å²) in [7, 11) is -2.33. The molecule has 0 radical (unpaired) electrons. The second-order valence-electron chi connectivity index (χ2n) is 9.59. The SMILES string of the molecule is COc1ccc(S(=O)(=O)N(CC(C)C)C[C@@H](NC(=O)OC(C)(C)C)[C@@H](N)Cc2cccs2)cc1. The number of ether oxygens (including phenoxy) is 2. The predicted octanol–water partition coefficient (Wildman–Crippen LogP) is 3.87. The molecule has 0 aliphatic carbocycles. The Morgan fingerprint density at radius 1 is 1.15 bits per heavy atom. The molecule has 8 nitrogen and oxygen atoms in total. The Morgan fingerprint density at radius 3 is 2.29 bits per heavy atom. The molecule has 34 heavy (non-hydrogen) atoms. The van der Waals surface area contributed by atoms with Gasteiger partial charge < -0.3 is 20.5 Å². The van der Waals surface area contributed by atoms with Crippen LogP contribution in [0.2, 0.25) is 0 Å². The van der Waals surface area contributed by atoms with Crippen molar-refractivity contribution in [2.75, 3.05) is 20.2 Å². The first-order valence-corrected chi connectivity index (χ1v) is 13.6. The number of nitrogens with zero attached hydrogens (tertiary/aromatic N) is 1. The summed E-state index contributed by atoms with van der Waals surface area (Å²) in [5.74, 6) is 0.625. The zero-order chi connectivity index (χ0) is 25.5. The van der Waals surface area contributed by atoms with Gasteiger partial charge in [-0.15, -0.1) is 11.3 Å². The van der Waals surface area contributed by atoms with Crippen LogP contribution in [0.1, 0.15) is 39.5 Å². The van der Waals surface area contributed by atoms with Crippen molar-refractivity contribution in [1.82, 2.24) is 9.62 Å². The smallest absolute Gasteiger partial charge is 0.407 e. The number of nitrogens with one attached hydrogen (secondary N) is 1. The van der Waals surface area contributed by atoms with E-state index in [4.69, 9.17) is 15.2 Å². The van der Waals surface area contributed by atoms with E-state index < -0.39 is 33.8 Å². The van der Waals surface area contributed by atoms with Gasteiger partial charge in [0, 0.05) is 24.0 Å². The van der Waals surface area contributed by atoms with Gasteiger partial charge in [-0.05, 0) is 68.8 Å². The number of methoxy groups -OCH3 is 1. The number of amides is 1. The largest absolute Gasteiger partial charge is 0.497 e. The Labute approximate surface area is 207 Å². The highest BCUT2D eigenvalue weighted by atomic mass is 32.2. The lowest BCUT2D eigenvalue weighted by molar-refractivity contribution is 0.0489. The molecule has 0 bridgehead atoms. The molecule has 0 aliphatic heterocycles. The Kier molecular flexibility index (Phi) is 9.93. The van der Waals surface area contributed by atoms with Crippen LogP contribution in [0.3, 0.4) is 0 Å². The maximum atomic E-state index is 13.6. The number of carbonyl (C=O) groups excluding carboxylic acids is 1. The summed E-state index contributed by atoms with van der Waals surface area (Å²) >= 11 is 1.57. The van der Waals surface area contributed by atoms with E-state index in [0.29, 0.717) is 12.2 Å². The van der Waals surface area contributed by atoms with E-state index in [-0.39, 0.29) is 23.9 Å². The molecular formula is C24H37N3O5S2. The Hall–Kier alpha value is -2.14. The molecule has 10 heteroatoms. The first-order valence-electron chi connectivity index (χ1n) is 11.2. The fraction of sp³-hybridized carbons (Fsp3) is 0.542. The van der Waals surface area contributed by atoms with Crippen molar-refractivity contribution in [2.24, 2.45) is 11.7 Å². The summed E-state index contributed by atoms with van der Waals surface area (Å²) in [5, 5.41) is 4.78. The lowest BCUT2D eigenvalue weighted by atomic mass is 10.0. The summed E-state index contributed by atoms with van der Waals surface area (Å²) < 4.78 is 39.1. The average molecular weight is 512 g/mol. The lowest BCUT2D eigenvalue weighted by Crippen LogP contribution is -2.56. The van der Waals surface area contributed by atoms with E-state index in [2.05, 4.69) is 5.32 Å². The van der Waals surface area contributed by atoms with Crippen LogP contribution in [0, 0.1) is 5.92 Å².